The van der Waals surface area contributed by atoms with Crippen molar-refractivity contribution in [1.29, 1.82) is 0 Å². The third-order valence-electron chi connectivity index (χ3n) is 2.71. The van der Waals surface area contributed by atoms with E-state index in [4.69, 9.17) is 17.4 Å². The van der Waals surface area contributed by atoms with E-state index in [9.17, 15) is 0 Å². The molecule has 0 aromatic carbocycles. The van der Waals surface area contributed by atoms with E-state index in [1.165, 1.54) is 5.56 Å². The fourth-order valence-corrected chi connectivity index (χ4v) is 2.01. The van der Waals surface area contributed by atoms with E-state index in [-0.39, 0.29) is 12.4 Å². The number of halogens is 2. The van der Waals surface area contributed by atoms with Crippen LogP contribution in [0.15, 0.2) is 12.3 Å². The highest BCUT2D eigenvalue weighted by Crippen LogP contribution is 2.29. The maximum absolute atomic E-state index is 5.87. The van der Waals surface area contributed by atoms with Crippen LogP contribution in [0.3, 0.4) is 0 Å². The molecule has 1 aliphatic rings. The molecule has 0 saturated carbocycles. The lowest BCUT2D eigenvalue weighted by Crippen LogP contribution is -2.30. The van der Waals surface area contributed by atoms with Crippen LogP contribution >= 0.6 is 24.0 Å². The zero-order valence-electron chi connectivity index (χ0n) is 8.61. The molecule has 2 rings (SSSR count). The van der Waals surface area contributed by atoms with Crippen molar-refractivity contribution in [1.82, 2.24) is 9.99 Å². The van der Waals surface area contributed by atoms with Gasteiger partial charge < -0.3 is 0 Å². The molecule has 0 bridgehead atoms. The number of nitrogens with zero attached hydrogens (tertiary/aromatic N) is 2. The minimum atomic E-state index is 0. The summed E-state index contributed by atoms with van der Waals surface area (Å²) in [4.78, 5) is 4.14. The Bertz CT molecular complexity index is 343. The van der Waals surface area contributed by atoms with Crippen molar-refractivity contribution in [3.63, 3.8) is 0 Å². The van der Waals surface area contributed by atoms with Crippen molar-refractivity contribution < 1.29 is 0 Å². The standard InChI is InChI=1S/C10H14ClN3.ClH/c1-7-5-8(6-13-10(7)11)9-3-2-4-14(9)12;/h5-6,9H,2-4,12H2,1H3;1H/t9-;/m1./s1. The average Bonchev–Trinajstić information content (AvgIpc) is 2.57. The fourth-order valence-electron chi connectivity index (χ4n) is 1.91. The lowest BCUT2D eigenvalue weighted by molar-refractivity contribution is 0.265. The van der Waals surface area contributed by atoms with Gasteiger partial charge in [-0.05, 0) is 37.0 Å². The molecule has 0 spiro atoms. The van der Waals surface area contributed by atoms with Crippen LogP contribution in [0, 0.1) is 6.92 Å². The van der Waals surface area contributed by atoms with Crippen LogP contribution in [0.25, 0.3) is 0 Å². The Labute approximate surface area is 101 Å². The predicted octanol–water partition coefficient (Wildman–Crippen LogP) is 2.48. The second-order valence-corrected chi connectivity index (χ2v) is 4.13. The van der Waals surface area contributed by atoms with E-state index < -0.39 is 0 Å². The van der Waals surface area contributed by atoms with Gasteiger partial charge in [0.05, 0.1) is 6.04 Å². The highest BCUT2D eigenvalue weighted by Gasteiger charge is 2.23. The van der Waals surface area contributed by atoms with Gasteiger partial charge in [-0.3, -0.25) is 5.84 Å². The minimum absolute atomic E-state index is 0. The number of hydrogen-bond acceptors (Lipinski definition) is 3. The second-order valence-electron chi connectivity index (χ2n) is 3.77. The van der Waals surface area contributed by atoms with Crippen LogP contribution in [-0.2, 0) is 0 Å². The molecule has 1 atom stereocenters. The molecule has 1 aromatic heterocycles. The largest absolute Gasteiger partial charge is 0.268 e. The Balaban J connectivity index is 0.00000112. The first-order valence-corrected chi connectivity index (χ1v) is 5.19. The summed E-state index contributed by atoms with van der Waals surface area (Å²) < 4.78 is 0. The summed E-state index contributed by atoms with van der Waals surface area (Å²) in [6, 6.07) is 2.39. The van der Waals surface area contributed by atoms with Crippen molar-refractivity contribution in [2.75, 3.05) is 6.54 Å². The zero-order chi connectivity index (χ0) is 10.1. The van der Waals surface area contributed by atoms with Gasteiger partial charge in [0.1, 0.15) is 5.15 Å². The van der Waals surface area contributed by atoms with Crippen molar-refractivity contribution in [2.24, 2.45) is 5.84 Å². The van der Waals surface area contributed by atoms with Gasteiger partial charge in [0.15, 0.2) is 0 Å². The third kappa shape index (κ3) is 2.61. The van der Waals surface area contributed by atoms with Crippen molar-refractivity contribution in [3.05, 3.63) is 28.5 Å². The second kappa shape index (κ2) is 5.12. The lowest BCUT2D eigenvalue weighted by atomic mass is 10.1. The Hall–Kier alpha value is -0.350. The molecule has 15 heavy (non-hydrogen) atoms. The molecule has 1 fully saturated rings. The summed E-state index contributed by atoms with van der Waals surface area (Å²) in [5, 5.41) is 2.46. The summed E-state index contributed by atoms with van der Waals surface area (Å²) in [5.41, 5.74) is 2.19. The van der Waals surface area contributed by atoms with E-state index in [2.05, 4.69) is 11.1 Å². The van der Waals surface area contributed by atoms with Crippen LogP contribution in [0.4, 0.5) is 0 Å². The molecule has 1 saturated heterocycles. The van der Waals surface area contributed by atoms with Gasteiger partial charge in [0.25, 0.3) is 0 Å². The number of hydrogen-bond donors (Lipinski definition) is 1. The molecular formula is C10H15Cl2N3. The van der Waals surface area contributed by atoms with Crippen LogP contribution in [-0.4, -0.2) is 16.5 Å². The van der Waals surface area contributed by atoms with Gasteiger partial charge in [-0.25, -0.2) is 9.99 Å². The average molecular weight is 248 g/mol. The normalized spacial score (nSPS) is 21.4. The molecule has 5 heteroatoms. The zero-order valence-corrected chi connectivity index (χ0v) is 10.2. The summed E-state index contributed by atoms with van der Waals surface area (Å²) >= 11 is 5.87. The fraction of sp³-hybridized carbons (Fsp3) is 0.500. The molecular weight excluding hydrogens is 233 g/mol. The van der Waals surface area contributed by atoms with E-state index in [0.717, 1.165) is 24.9 Å². The number of hydrazine groups is 1. The molecule has 2 heterocycles. The Kier molecular flexibility index (Phi) is 4.34. The number of nitrogens with two attached hydrogens (primary N) is 1. The Morgan fingerprint density at radius 2 is 2.33 bits per heavy atom. The molecule has 0 radical (unpaired) electrons. The summed E-state index contributed by atoms with van der Waals surface area (Å²) in [6.07, 6.45) is 4.09. The molecule has 0 amide bonds. The monoisotopic (exact) mass is 247 g/mol. The molecule has 2 N–H and O–H groups in total. The predicted molar refractivity (Wildman–Crippen MR) is 64.1 cm³/mol. The van der Waals surface area contributed by atoms with E-state index in [1.54, 1.807) is 0 Å². The number of pyridine rings is 1. The summed E-state index contributed by atoms with van der Waals surface area (Å²) in [7, 11) is 0. The maximum atomic E-state index is 5.87. The molecule has 84 valence electrons. The smallest absolute Gasteiger partial charge is 0.131 e. The molecule has 1 aliphatic heterocycles. The van der Waals surface area contributed by atoms with Crippen molar-refractivity contribution in [2.45, 2.75) is 25.8 Å². The van der Waals surface area contributed by atoms with Crippen LogP contribution in [0.1, 0.15) is 30.0 Å². The van der Waals surface area contributed by atoms with E-state index in [0.29, 0.717) is 11.2 Å². The molecule has 3 nitrogen and oxygen atoms in total. The topological polar surface area (TPSA) is 42.1 Å². The van der Waals surface area contributed by atoms with Crippen LogP contribution in [0.5, 0.6) is 0 Å². The van der Waals surface area contributed by atoms with Gasteiger partial charge in [0.2, 0.25) is 0 Å². The first kappa shape index (κ1) is 12.7. The lowest BCUT2D eigenvalue weighted by Gasteiger charge is -2.19. The van der Waals surface area contributed by atoms with Gasteiger partial charge in [-0.15, -0.1) is 12.4 Å². The van der Waals surface area contributed by atoms with E-state index >= 15 is 0 Å². The van der Waals surface area contributed by atoms with Gasteiger partial charge in [-0.2, -0.15) is 0 Å². The van der Waals surface area contributed by atoms with Crippen molar-refractivity contribution in [3.8, 4) is 0 Å². The first-order chi connectivity index (χ1) is 6.68. The minimum Gasteiger partial charge on any atom is -0.268 e. The number of rotatable bonds is 1. The maximum Gasteiger partial charge on any atom is 0.131 e. The SMILES string of the molecule is Cc1cc([C@H]2CCCN2N)cnc1Cl.Cl. The number of aromatic nitrogens is 1. The van der Waals surface area contributed by atoms with Gasteiger partial charge in [0, 0.05) is 12.7 Å². The quantitative estimate of drug-likeness (QED) is 0.613. The Morgan fingerprint density at radius 1 is 1.60 bits per heavy atom. The molecule has 1 aromatic rings. The highest BCUT2D eigenvalue weighted by atomic mass is 35.5. The summed E-state index contributed by atoms with van der Waals surface area (Å²) in [5.74, 6) is 5.87. The highest BCUT2D eigenvalue weighted by molar-refractivity contribution is 6.30. The van der Waals surface area contributed by atoms with Gasteiger partial charge >= 0.3 is 0 Å². The molecule has 0 unspecified atom stereocenters. The third-order valence-corrected chi connectivity index (χ3v) is 3.11. The van der Waals surface area contributed by atoms with Crippen LogP contribution < -0.4 is 5.84 Å². The molecule has 0 aliphatic carbocycles. The summed E-state index contributed by atoms with van der Waals surface area (Å²) in [6.45, 7) is 2.93. The first-order valence-electron chi connectivity index (χ1n) is 4.82. The Morgan fingerprint density at radius 3 is 2.87 bits per heavy atom. The van der Waals surface area contributed by atoms with Crippen LogP contribution in [0.2, 0.25) is 5.15 Å². The number of aryl methyl sites for hydroxylation is 1. The van der Waals surface area contributed by atoms with Gasteiger partial charge in [-0.1, -0.05) is 11.6 Å². The van der Waals surface area contributed by atoms with Crippen molar-refractivity contribution >= 4 is 24.0 Å². The van der Waals surface area contributed by atoms with E-state index in [1.807, 2.05) is 18.1 Å².